The lowest BCUT2D eigenvalue weighted by atomic mass is 10.0. The van der Waals surface area contributed by atoms with Crippen LogP contribution in [-0.4, -0.2) is 36.1 Å². The molecular weight excluding hydrogens is 300 g/mol. The predicted molar refractivity (Wildman–Crippen MR) is 70.7 cm³/mol. The van der Waals surface area contributed by atoms with Crippen LogP contribution in [0.3, 0.4) is 0 Å². The SMILES string of the molecule is O=[N+]([O-])c1cnc(N2CC3CNCC3C2)c(Br)c1. The minimum atomic E-state index is -0.426. The van der Waals surface area contributed by atoms with Gasteiger partial charge < -0.3 is 10.2 Å². The molecule has 96 valence electrons. The number of pyridine rings is 1. The summed E-state index contributed by atoms with van der Waals surface area (Å²) in [6.45, 7) is 4.07. The van der Waals surface area contributed by atoms with Crippen molar-refractivity contribution in [3.63, 3.8) is 0 Å². The van der Waals surface area contributed by atoms with Crippen LogP contribution in [0.1, 0.15) is 0 Å². The first-order valence-electron chi connectivity index (χ1n) is 5.91. The Hall–Kier alpha value is -1.21. The second kappa shape index (κ2) is 4.47. The predicted octanol–water partition coefficient (Wildman–Crippen LogP) is 1.41. The molecule has 2 fully saturated rings. The van der Waals surface area contributed by atoms with Crippen molar-refractivity contribution in [2.75, 3.05) is 31.1 Å². The van der Waals surface area contributed by atoms with E-state index in [2.05, 4.69) is 31.1 Å². The van der Waals surface area contributed by atoms with Crippen LogP contribution in [0.4, 0.5) is 11.5 Å². The first kappa shape index (κ1) is 11.9. The smallest absolute Gasteiger partial charge is 0.288 e. The minimum absolute atomic E-state index is 0.0201. The third kappa shape index (κ3) is 1.97. The van der Waals surface area contributed by atoms with E-state index in [-0.39, 0.29) is 5.69 Å². The number of hydrogen-bond acceptors (Lipinski definition) is 5. The van der Waals surface area contributed by atoms with Gasteiger partial charge in [0.1, 0.15) is 12.0 Å². The Labute approximate surface area is 113 Å². The van der Waals surface area contributed by atoms with Crippen molar-refractivity contribution < 1.29 is 4.92 Å². The van der Waals surface area contributed by atoms with Crippen molar-refractivity contribution in [1.82, 2.24) is 10.3 Å². The van der Waals surface area contributed by atoms with Gasteiger partial charge in [-0.15, -0.1) is 0 Å². The molecule has 0 aromatic carbocycles. The summed E-state index contributed by atoms with van der Waals surface area (Å²) in [5.41, 5.74) is 0.0201. The number of aromatic nitrogens is 1. The largest absolute Gasteiger partial charge is 0.355 e. The van der Waals surface area contributed by atoms with Crippen molar-refractivity contribution in [2.45, 2.75) is 0 Å². The Balaban J connectivity index is 1.83. The van der Waals surface area contributed by atoms with Crippen molar-refractivity contribution >= 4 is 27.4 Å². The highest BCUT2D eigenvalue weighted by Crippen LogP contribution is 2.34. The molecule has 2 unspecified atom stereocenters. The summed E-state index contributed by atoms with van der Waals surface area (Å²) >= 11 is 3.38. The van der Waals surface area contributed by atoms with E-state index in [1.54, 1.807) is 0 Å². The highest BCUT2D eigenvalue weighted by atomic mass is 79.9. The second-order valence-corrected chi connectivity index (χ2v) is 5.69. The van der Waals surface area contributed by atoms with Crippen LogP contribution in [0.5, 0.6) is 0 Å². The fourth-order valence-electron chi connectivity index (χ4n) is 2.78. The molecule has 0 spiro atoms. The molecule has 2 saturated heterocycles. The summed E-state index contributed by atoms with van der Waals surface area (Å²) in [7, 11) is 0. The van der Waals surface area contributed by atoms with Gasteiger partial charge in [-0.25, -0.2) is 4.98 Å². The number of halogens is 1. The Morgan fingerprint density at radius 2 is 2.11 bits per heavy atom. The molecule has 0 aliphatic carbocycles. The zero-order chi connectivity index (χ0) is 12.7. The van der Waals surface area contributed by atoms with Crippen LogP contribution in [0.2, 0.25) is 0 Å². The number of hydrogen-bond donors (Lipinski definition) is 1. The maximum absolute atomic E-state index is 10.7. The van der Waals surface area contributed by atoms with Crippen molar-refractivity contribution in [3.8, 4) is 0 Å². The van der Waals surface area contributed by atoms with Gasteiger partial charge in [0.25, 0.3) is 5.69 Å². The van der Waals surface area contributed by atoms with Crippen LogP contribution in [0.25, 0.3) is 0 Å². The van der Waals surface area contributed by atoms with Crippen LogP contribution in [0.15, 0.2) is 16.7 Å². The van der Waals surface area contributed by atoms with Crippen LogP contribution in [0, 0.1) is 22.0 Å². The molecule has 18 heavy (non-hydrogen) atoms. The van der Waals surface area contributed by atoms with Gasteiger partial charge in [-0.3, -0.25) is 10.1 Å². The summed E-state index contributed by atoms with van der Waals surface area (Å²) in [6.07, 6.45) is 1.33. The minimum Gasteiger partial charge on any atom is -0.355 e. The lowest BCUT2D eigenvalue weighted by molar-refractivity contribution is -0.385. The molecule has 2 atom stereocenters. The van der Waals surface area contributed by atoms with E-state index in [9.17, 15) is 10.1 Å². The number of anilines is 1. The van der Waals surface area contributed by atoms with E-state index in [1.807, 2.05) is 0 Å². The topological polar surface area (TPSA) is 71.3 Å². The summed E-state index contributed by atoms with van der Waals surface area (Å²) in [4.78, 5) is 16.7. The van der Waals surface area contributed by atoms with E-state index in [1.165, 1.54) is 12.3 Å². The van der Waals surface area contributed by atoms with Gasteiger partial charge in [-0.1, -0.05) is 0 Å². The molecule has 2 aliphatic rings. The zero-order valence-electron chi connectivity index (χ0n) is 9.67. The molecule has 0 amide bonds. The normalized spacial score (nSPS) is 26.4. The molecule has 7 heteroatoms. The summed E-state index contributed by atoms with van der Waals surface area (Å²) in [6, 6.07) is 1.52. The standard InChI is InChI=1S/C11H13BrN4O2/c12-10-1-9(16(17)18)4-14-11(10)15-5-7-2-13-3-8(7)6-15/h1,4,7-8,13H,2-3,5-6H2. The van der Waals surface area contributed by atoms with Crippen molar-refractivity contribution in [1.29, 1.82) is 0 Å². The zero-order valence-corrected chi connectivity index (χ0v) is 11.3. The number of nitrogens with one attached hydrogen (secondary N) is 1. The Kier molecular flexibility index (Phi) is 2.95. The van der Waals surface area contributed by atoms with Gasteiger partial charge in [-0.05, 0) is 27.8 Å². The number of fused-ring (bicyclic) bond motifs is 1. The first-order chi connectivity index (χ1) is 8.65. The van der Waals surface area contributed by atoms with Crippen LogP contribution in [-0.2, 0) is 0 Å². The van der Waals surface area contributed by atoms with E-state index >= 15 is 0 Å². The molecule has 2 aliphatic heterocycles. The monoisotopic (exact) mass is 312 g/mol. The molecule has 0 bridgehead atoms. The van der Waals surface area contributed by atoms with Gasteiger partial charge in [0.2, 0.25) is 0 Å². The maximum Gasteiger partial charge on any atom is 0.288 e. The van der Waals surface area contributed by atoms with Crippen molar-refractivity contribution in [2.24, 2.45) is 11.8 Å². The Bertz CT molecular complexity index is 484. The second-order valence-electron chi connectivity index (χ2n) is 4.84. The Morgan fingerprint density at radius 1 is 1.44 bits per heavy atom. The number of nitro groups is 1. The summed E-state index contributed by atoms with van der Waals surface area (Å²) < 4.78 is 0.699. The molecule has 0 saturated carbocycles. The van der Waals surface area contributed by atoms with Gasteiger partial charge in [0, 0.05) is 32.2 Å². The van der Waals surface area contributed by atoms with Crippen LogP contribution >= 0.6 is 15.9 Å². The Morgan fingerprint density at radius 3 is 2.67 bits per heavy atom. The maximum atomic E-state index is 10.7. The van der Waals surface area contributed by atoms with Gasteiger partial charge in [0.15, 0.2) is 0 Å². The van der Waals surface area contributed by atoms with Crippen molar-refractivity contribution in [3.05, 3.63) is 26.9 Å². The quantitative estimate of drug-likeness (QED) is 0.660. The highest BCUT2D eigenvalue weighted by Gasteiger charge is 2.37. The van der Waals surface area contributed by atoms with Gasteiger partial charge in [-0.2, -0.15) is 0 Å². The fourth-order valence-corrected chi connectivity index (χ4v) is 3.37. The highest BCUT2D eigenvalue weighted by molar-refractivity contribution is 9.10. The van der Waals surface area contributed by atoms with E-state index in [4.69, 9.17) is 0 Å². The average molecular weight is 313 g/mol. The molecule has 1 aromatic heterocycles. The summed E-state index contributed by atoms with van der Waals surface area (Å²) in [5.74, 6) is 2.16. The molecule has 3 rings (SSSR count). The fraction of sp³-hybridized carbons (Fsp3) is 0.545. The summed E-state index contributed by atoms with van der Waals surface area (Å²) in [5, 5.41) is 14.1. The molecule has 1 N–H and O–H groups in total. The lowest BCUT2D eigenvalue weighted by Crippen LogP contribution is -2.26. The molecular formula is C11H13BrN4O2. The third-order valence-electron chi connectivity index (χ3n) is 3.71. The number of rotatable bonds is 2. The van der Waals surface area contributed by atoms with E-state index < -0.39 is 4.92 Å². The number of nitrogens with zero attached hydrogens (tertiary/aromatic N) is 3. The van der Waals surface area contributed by atoms with Gasteiger partial charge >= 0.3 is 0 Å². The van der Waals surface area contributed by atoms with E-state index in [0.717, 1.165) is 32.0 Å². The van der Waals surface area contributed by atoms with E-state index in [0.29, 0.717) is 16.3 Å². The van der Waals surface area contributed by atoms with Crippen LogP contribution < -0.4 is 10.2 Å². The third-order valence-corrected chi connectivity index (χ3v) is 4.29. The lowest BCUT2D eigenvalue weighted by Gasteiger charge is -2.19. The first-order valence-corrected chi connectivity index (χ1v) is 6.70. The molecule has 1 aromatic rings. The van der Waals surface area contributed by atoms with Gasteiger partial charge in [0.05, 0.1) is 9.40 Å². The molecule has 0 radical (unpaired) electrons. The molecule has 6 nitrogen and oxygen atoms in total. The molecule has 3 heterocycles. The average Bonchev–Trinajstić information content (AvgIpc) is 2.88.